The molecule has 6 nitrogen and oxygen atoms in total. The molecule has 1 N–H and O–H groups in total. The van der Waals surface area contributed by atoms with E-state index < -0.39 is 0 Å². The van der Waals surface area contributed by atoms with E-state index in [0.29, 0.717) is 30.7 Å². The lowest BCUT2D eigenvalue weighted by atomic mass is 10.1. The first-order valence-corrected chi connectivity index (χ1v) is 10.6. The summed E-state index contributed by atoms with van der Waals surface area (Å²) in [7, 11) is 0. The molecule has 0 spiro atoms. The number of carbonyl (C=O) groups is 1. The average molecular weight is 402 g/mol. The molecule has 0 bridgehead atoms. The Morgan fingerprint density at radius 2 is 2.19 bits per heavy atom. The zero-order chi connectivity index (χ0) is 18.6. The maximum Gasteiger partial charge on any atom is 0.261 e. The van der Waals surface area contributed by atoms with Gasteiger partial charge < -0.3 is 14.6 Å². The summed E-state index contributed by atoms with van der Waals surface area (Å²) in [6, 6.07) is 10.1. The predicted octanol–water partition coefficient (Wildman–Crippen LogP) is 4.05. The maximum absolute atomic E-state index is 12.5. The summed E-state index contributed by atoms with van der Waals surface area (Å²) in [6.07, 6.45) is 0.779. The number of thioether (sulfide) groups is 1. The highest BCUT2D eigenvalue weighted by atomic mass is 32.2. The first-order valence-electron chi connectivity index (χ1n) is 8.65. The zero-order valence-corrected chi connectivity index (χ0v) is 16.5. The lowest BCUT2D eigenvalue weighted by Gasteiger charge is -2.12. The Hall–Kier alpha value is -2.16. The number of fused-ring (bicyclic) bond motifs is 1. The number of nitrogens with zero attached hydrogens (tertiary/aromatic N) is 2. The van der Waals surface area contributed by atoms with Crippen molar-refractivity contribution in [2.45, 2.75) is 25.7 Å². The van der Waals surface area contributed by atoms with Gasteiger partial charge in [0.25, 0.3) is 5.89 Å². The maximum atomic E-state index is 12.5. The minimum Gasteiger partial charge on any atom is -0.376 e. The van der Waals surface area contributed by atoms with Gasteiger partial charge in [-0.25, -0.2) is 0 Å². The Morgan fingerprint density at radius 3 is 2.96 bits per heavy atom. The number of rotatable bonds is 6. The van der Waals surface area contributed by atoms with Gasteiger partial charge in [-0.2, -0.15) is 4.98 Å². The van der Waals surface area contributed by atoms with Crippen LogP contribution in [0.3, 0.4) is 0 Å². The Kier molecular flexibility index (Phi) is 5.56. The highest BCUT2D eigenvalue weighted by Crippen LogP contribution is 2.42. The normalized spacial score (nSPS) is 13.4. The quantitative estimate of drug-likeness (QED) is 0.671. The van der Waals surface area contributed by atoms with Crippen molar-refractivity contribution in [2.75, 3.05) is 17.7 Å². The Balaban J connectivity index is 1.48. The third-order valence-corrected chi connectivity index (χ3v) is 6.28. The van der Waals surface area contributed by atoms with Crippen molar-refractivity contribution in [3.05, 3.63) is 52.2 Å². The van der Waals surface area contributed by atoms with E-state index in [4.69, 9.17) is 9.26 Å². The molecule has 1 amide bonds. The number of nitrogens with one attached hydrogen (secondary N) is 1. The summed E-state index contributed by atoms with van der Waals surface area (Å²) in [5, 5.41) is 7.70. The van der Waals surface area contributed by atoms with Gasteiger partial charge in [0.15, 0.2) is 5.82 Å². The minimum absolute atomic E-state index is 0.0343. The lowest BCUT2D eigenvalue weighted by molar-refractivity contribution is -0.113. The molecule has 27 heavy (non-hydrogen) atoms. The Morgan fingerprint density at radius 1 is 1.33 bits per heavy atom. The molecule has 3 heterocycles. The standard InChI is InChI=1S/C19H19N3O3S2/c1-12-20-18(25-22-12)17-14-7-8-24-9-15(14)27-19(17)21-16(23)11-26-10-13-5-3-2-4-6-13/h2-6H,7-11H2,1H3,(H,21,23). The number of anilines is 1. The number of carbonyl (C=O) groups excluding carboxylic acids is 1. The van der Waals surface area contributed by atoms with Gasteiger partial charge in [0.05, 0.1) is 24.5 Å². The van der Waals surface area contributed by atoms with Crippen LogP contribution < -0.4 is 5.32 Å². The van der Waals surface area contributed by atoms with Crippen LogP contribution in [0.25, 0.3) is 11.5 Å². The van der Waals surface area contributed by atoms with E-state index in [1.54, 1.807) is 18.7 Å². The fraction of sp³-hybridized carbons (Fsp3) is 0.316. The van der Waals surface area contributed by atoms with Crippen molar-refractivity contribution in [1.29, 1.82) is 0 Å². The number of aryl methyl sites for hydroxylation is 1. The topological polar surface area (TPSA) is 77.2 Å². The van der Waals surface area contributed by atoms with E-state index in [1.807, 2.05) is 18.2 Å². The highest BCUT2D eigenvalue weighted by molar-refractivity contribution is 7.99. The van der Waals surface area contributed by atoms with Gasteiger partial charge in [-0.1, -0.05) is 35.5 Å². The van der Waals surface area contributed by atoms with Crippen molar-refractivity contribution < 1.29 is 14.1 Å². The van der Waals surface area contributed by atoms with Gasteiger partial charge in [0.1, 0.15) is 5.00 Å². The molecule has 0 fully saturated rings. The second-order valence-corrected chi connectivity index (χ2v) is 8.27. The molecular weight excluding hydrogens is 382 g/mol. The fourth-order valence-corrected chi connectivity index (χ4v) is 4.92. The molecule has 0 atom stereocenters. The van der Waals surface area contributed by atoms with Crippen molar-refractivity contribution in [2.24, 2.45) is 0 Å². The van der Waals surface area contributed by atoms with Crippen LogP contribution in [0.5, 0.6) is 0 Å². The molecule has 140 valence electrons. The van der Waals surface area contributed by atoms with Crippen LogP contribution in [0.15, 0.2) is 34.9 Å². The van der Waals surface area contributed by atoms with E-state index in [2.05, 4.69) is 27.6 Å². The number of ether oxygens (including phenoxy) is 1. The number of amides is 1. The van der Waals surface area contributed by atoms with E-state index in [9.17, 15) is 4.79 Å². The van der Waals surface area contributed by atoms with E-state index in [-0.39, 0.29) is 5.91 Å². The third-order valence-electron chi connectivity index (χ3n) is 4.16. The zero-order valence-electron chi connectivity index (χ0n) is 14.9. The van der Waals surface area contributed by atoms with Gasteiger partial charge in [-0.3, -0.25) is 4.79 Å². The van der Waals surface area contributed by atoms with Gasteiger partial charge in [0.2, 0.25) is 5.91 Å². The van der Waals surface area contributed by atoms with Gasteiger partial charge in [-0.15, -0.1) is 23.1 Å². The first-order chi connectivity index (χ1) is 13.2. The molecule has 1 aliphatic heterocycles. The van der Waals surface area contributed by atoms with Crippen LogP contribution in [-0.2, 0) is 28.3 Å². The van der Waals surface area contributed by atoms with E-state index in [0.717, 1.165) is 33.2 Å². The lowest BCUT2D eigenvalue weighted by Crippen LogP contribution is -2.14. The van der Waals surface area contributed by atoms with Crippen molar-refractivity contribution in [1.82, 2.24) is 10.1 Å². The minimum atomic E-state index is -0.0343. The van der Waals surface area contributed by atoms with Crippen LogP contribution in [-0.4, -0.2) is 28.4 Å². The van der Waals surface area contributed by atoms with Crippen LogP contribution in [0, 0.1) is 6.92 Å². The number of benzene rings is 1. The van der Waals surface area contributed by atoms with Crippen LogP contribution in [0.2, 0.25) is 0 Å². The van der Waals surface area contributed by atoms with E-state index in [1.165, 1.54) is 16.9 Å². The number of aromatic nitrogens is 2. The summed E-state index contributed by atoms with van der Waals surface area (Å²) >= 11 is 3.12. The van der Waals surface area contributed by atoms with Crippen molar-refractivity contribution in [3.8, 4) is 11.5 Å². The molecule has 0 radical (unpaired) electrons. The van der Waals surface area contributed by atoms with Crippen molar-refractivity contribution >= 4 is 34.0 Å². The number of hydrogen-bond donors (Lipinski definition) is 1. The average Bonchev–Trinajstić information content (AvgIpc) is 3.25. The summed E-state index contributed by atoms with van der Waals surface area (Å²) in [5.41, 5.74) is 3.20. The third kappa shape index (κ3) is 4.23. The molecular formula is C19H19N3O3S2. The highest BCUT2D eigenvalue weighted by Gasteiger charge is 2.26. The molecule has 0 saturated heterocycles. The molecule has 2 aromatic heterocycles. The van der Waals surface area contributed by atoms with Crippen LogP contribution >= 0.6 is 23.1 Å². The Labute approximate surface area is 165 Å². The monoisotopic (exact) mass is 401 g/mol. The molecule has 4 rings (SSSR count). The smallest absolute Gasteiger partial charge is 0.261 e. The van der Waals surface area contributed by atoms with Crippen LogP contribution in [0.4, 0.5) is 5.00 Å². The summed E-state index contributed by atoms with van der Waals surface area (Å²) in [6.45, 7) is 3.00. The largest absolute Gasteiger partial charge is 0.376 e. The van der Waals surface area contributed by atoms with Gasteiger partial charge in [-0.05, 0) is 24.5 Å². The Bertz CT molecular complexity index is 937. The SMILES string of the molecule is Cc1noc(-c2c(NC(=O)CSCc3ccccc3)sc3c2CCOC3)n1. The molecule has 0 aliphatic carbocycles. The second-order valence-electron chi connectivity index (χ2n) is 6.18. The van der Waals surface area contributed by atoms with Crippen molar-refractivity contribution in [3.63, 3.8) is 0 Å². The van der Waals surface area contributed by atoms with Gasteiger partial charge >= 0.3 is 0 Å². The fourth-order valence-electron chi connectivity index (χ4n) is 2.94. The molecule has 3 aromatic rings. The molecule has 1 aromatic carbocycles. The number of hydrogen-bond acceptors (Lipinski definition) is 7. The predicted molar refractivity (Wildman–Crippen MR) is 107 cm³/mol. The molecule has 1 aliphatic rings. The summed E-state index contributed by atoms with van der Waals surface area (Å²) in [5.74, 6) is 2.19. The molecule has 0 saturated carbocycles. The van der Waals surface area contributed by atoms with Crippen LogP contribution in [0.1, 0.15) is 21.8 Å². The second kappa shape index (κ2) is 8.24. The number of thiophene rings is 1. The van der Waals surface area contributed by atoms with E-state index >= 15 is 0 Å². The molecule has 8 heteroatoms. The van der Waals surface area contributed by atoms with Gasteiger partial charge in [0, 0.05) is 10.6 Å². The molecule has 0 unspecified atom stereocenters. The first kappa shape index (κ1) is 18.2. The summed E-state index contributed by atoms with van der Waals surface area (Å²) < 4.78 is 10.9. The summed E-state index contributed by atoms with van der Waals surface area (Å²) in [4.78, 5) is 18.0.